The molecule has 1 rings (SSSR count). The van der Waals surface area contributed by atoms with Crippen molar-refractivity contribution in [3.05, 3.63) is 11.8 Å². The van der Waals surface area contributed by atoms with Gasteiger partial charge in [0.1, 0.15) is 6.34 Å². The Morgan fingerprint density at radius 3 is 2.50 bits per heavy atom. The Bertz CT molecular complexity index is 163. The number of rotatable bonds is 0. The zero-order chi connectivity index (χ0) is 5.98. The van der Waals surface area contributed by atoms with Crippen LogP contribution in [0, 0.1) is 0 Å². The van der Waals surface area contributed by atoms with Gasteiger partial charge in [-0.25, -0.2) is 4.99 Å². The molecule has 1 aliphatic rings. The van der Waals surface area contributed by atoms with E-state index in [-0.39, 0.29) is 5.82 Å². The van der Waals surface area contributed by atoms with Gasteiger partial charge in [0, 0.05) is 0 Å². The summed E-state index contributed by atoms with van der Waals surface area (Å²) < 4.78 is 0. The SMILES string of the molecule is [O-]C([O-])=C1N=CN=N1. The number of hydrogen-bond donors (Lipinski definition) is 0. The summed E-state index contributed by atoms with van der Waals surface area (Å²) >= 11 is 0. The fraction of sp³-hybridized carbons (Fsp3) is 0. The van der Waals surface area contributed by atoms with Crippen molar-refractivity contribution in [2.24, 2.45) is 15.2 Å². The fourth-order valence-electron chi connectivity index (χ4n) is 0.280. The maximum Gasteiger partial charge on any atom is 0.152 e. The Morgan fingerprint density at radius 2 is 2.25 bits per heavy atom. The average molecular weight is 111 g/mol. The highest BCUT2D eigenvalue weighted by Crippen LogP contribution is 2.03. The zero-order valence-corrected chi connectivity index (χ0v) is 3.74. The van der Waals surface area contributed by atoms with Crippen molar-refractivity contribution in [1.29, 1.82) is 0 Å². The first-order valence-corrected chi connectivity index (χ1v) is 1.82. The maximum absolute atomic E-state index is 9.79. The molecule has 0 aromatic heterocycles. The van der Waals surface area contributed by atoms with Gasteiger partial charge in [-0.2, -0.15) is 5.95 Å². The lowest BCUT2D eigenvalue weighted by Crippen LogP contribution is -2.19. The molecule has 0 fully saturated rings. The minimum Gasteiger partial charge on any atom is -0.881 e. The van der Waals surface area contributed by atoms with Crippen LogP contribution in [0.15, 0.2) is 27.0 Å². The summed E-state index contributed by atoms with van der Waals surface area (Å²) in [7, 11) is 0. The maximum atomic E-state index is 9.79. The van der Waals surface area contributed by atoms with Gasteiger partial charge in [0.25, 0.3) is 0 Å². The van der Waals surface area contributed by atoms with E-state index in [0.717, 1.165) is 6.34 Å². The van der Waals surface area contributed by atoms with Crippen LogP contribution in [-0.4, -0.2) is 6.34 Å². The highest BCUT2D eigenvalue weighted by atomic mass is 16.5. The van der Waals surface area contributed by atoms with Crippen molar-refractivity contribution in [2.45, 2.75) is 0 Å². The van der Waals surface area contributed by atoms with Crippen LogP contribution in [0.4, 0.5) is 0 Å². The summed E-state index contributed by atoms with van der Waals surface area (Å²) in [6.07, 6.45) is 1.05. The Balaban J connectivity index is 2.90. The van der Waals surface area contributed by atoms with Crippen LogP contribution in [-0.2, 0) is 0 Å². The second kappa shape index (κ2) is 1.61. The third kappa shape index (κ3) is 0.651. The summed E-state index contributed by atoms with van der Waals surface area (Å²) in [5.74, 6) is -1.77. The molecule has 5 heteroatoms. The van der Waals surface area contributed by atoms with E-state index >= 15 is 0 Å². The van der Waals surface area contributed by atoms with Crippen LogP contribution in [0.1, 0.15) is 0 Å². The number of aliphatic imine (C=N–C) groups is 1. The lowest BCUT2D eigenvalue weighted by Gasteiger charge is -2.15. The van der Waals surface area contributed by atoms with Gasteiger partial charge in [-0.3, -0.25) is 0 Å². The van der Waals surface area contributed by atoms with E-state index < -0.39 is 5.95 Å². The van der Waals surface area contributed by atoms with Crippen LogP contribution in [0.25, 0.3) is 0 Å². The first-order chi connectivity index (χ1) is 3.80. The van der Waals surface area contributed by atoms with Crippen molar-refractivity contribution in [2.75, 3.05) is 0 Å². The molecule has 0 spiro atoms. The predicted molar refractivity (Wildman–Crippen MR) is 20.4 cm³/mol. The molecule has 1 heterocycles. The van der Waals surface area contributed by atoms with Crippen molar-refractivity contribution >= 4 is 6.34 Å². The summed E-state index contributed by atoms with van der Waals surface area (Å²) in [5.41, 5.74) is 0. The Labute approximate surface area is 44.7 Å². The smallest absolute Gasteiger partial charge is 0.152 e. The monoisotopic (exact) mass is 111 g/mol. The average Bonchev–Trinajstić information content (AvgIpc) is 2.12. The highest BCUT2D eigenvalue weighted by molar-refractivity contribution is 5.58. The molecule has 0 amide bonds. The molecular weight excluding hydrogens is 110 g/mol. The summed E-state index contributed by atoms with van der Waals surface area (Å²) in [5, 5.41) is 25.8. The molecule has 5 nitrogen and oxygen atoms in total. The van der Waals surface area contributed by atoms with Crippen molar-refractivity contribution in [3.8, 4) is 0 Å². The molecule has 0 N–H and O–H groups in total. The van der Waals surface area contributed by atoms with Crippen molar-refractivity contribution in [3.63, 3.8) is 0 Å². The largest absolute Gasteiger partial charge is 0.881 e. The third-order valence-electron chi connectivity index (χ3n) is 0.567. The second-order valence-corrected chi connectivity index (χ2v) is 1.07. The minimum atomic E-state index is -1.40. The standard InChI is InChI=1S/C3H3N3O2/c7-3(8)2-4-1-5-6-2/h1,7-8H/p-2. The molecule has 0 bridgehead atoms. The highest BCUT2D eigenvalue weighted by Gasteiger charge is 1.89. The van der Waals surface area contributed by atoms with Gasteiger partial charge in [0.2, 0.25) is 0 Å². The molecular formula is C3HN3O2-2. The molecule has 0 saturated heterocycles. The van der Waals surface area contributed by atoms with Crippen LogP contribution in [0.2, 0.25) is 0 Å². The molecule has 42 valence electrons. The molecule has 8 heavy (non-hydrogen) atoms. The van der Waals surface area contributed by atoms with E-state index in [2.05, 4.69) is 15.2 Å². The van der Waals surface area contributed by atoms with Crippen molar-refractivity contribution < 1.29 is 10.2 Å². The van der Waals surface area contributed by atoms with Crippen LogP contribution >= 0.6 is 0 Å². The predicted octanol–water partition coefficient (Wildman–Crippen LogP) is -1.67. The summed E-state index contributed by atoms with van der Waals surface area (Å²) in [4.78, 5) is 3.23. The normalized spacial score (nSPS) is 15.2. The first kappa shape index (κ1) is 4.76. The molecule has 0 unspecified atom stereocenters. The molecule has 0 aromatic carbocycles. The number of nitrogens with zero attached hydrogens (tertiary/aromatic N) is 3. The Hall–Kier alpha value is -1.39. The van der Waals surface area contributed by atoms with E-state index in [1.165, 1.54) is 0 Å². The van der Waals surface area contributed by atoms with E-state index in [0.29, 0.717) is 0 Å². The van der Waals surface area contributed by atoms with Gasteiger partial charge in [-0.15, -0.1) is 10.2 Å². The van der Waals surface area contributed by atoms with Crippen LogP contribution in [0.5, 0.6) is 0 Å². The van der Waals surface area contributed by atoms with Gasteiger partial charge in [0.05, 0.1) is 0 Å². The first-order valence-electron chi connectivity index (χ1n) is 1.82. The fourth-order valence-corrected chi connectivity index (χ4v) is 0.280. The Morgan fingerprint density at radius 1 is 1.50 bits per heavy atom. The molecule has 1 aliphatic heterocycles. The number of azo groups is 1. The van der Waals surface area contributed by atoms with E-state index in [1.807, 2.05) is 0 Å². The lowest BCUT2D eigenvalue weighted by atomic mass is 10.8. The van der Waals surface area contributed by atoms with E-state index in [9.17, 15) is 10.2 Å². The molecule has 0 aromatic rings. The van der Waals surface area contributed by atoms with Gasteiger partial charge in [0.15, 0.2) is 5.82 Å². The quantitative estimate of drug-likeness (QED) is 0.350. The van der Waals surface area contributed by atoms with Gasteiger partial charge >= 0.3 is 0 Å². The third-order valence-corrected chi connectivity index (χ3v) is 0.567. The lowest BCUT2D eigenvalue weighted by molar-refractivity contribution is -0.515. The second-order valence-electron chi connectivity index (χ2n) is 1.07. The van der Waals surface area contributed by atoms with Gasteiger partial charge < -0.3 is 10.2 Å². The minimum absolute atomic E-state index is 0.370. The topological polar surface area (TPSA) is 83.2 Å². The van der Waals surface area contributed by atoms with Gasteiger partial charge in [-0.05, 0) is 0 Å². The van der Waals surface area contributed by atoms with Gasteiger partial charge in [-0.1, -0.05) is 0 Å². The molecule has 0 saturated carbocycles. The zero-order valence-electron chi connectivity index (χ0n) is 3.74. The van der Waals surface area contributed by atoms with E-state index in [4.69, 9.17) is 0 Å². The molecule has 0 aliphatic carbocycles. The van der Waals surface area contributed by atoms with Crippen LogP contribution in [0.3, 0.4) is 0 Å². The molecule has 0 atom stereocenters. The van der Waals surface area contributed by atoms with Crippen LogP contribution < -0.4 is 10.2 Å². The number of hydrogen-bond acceptors (Lipinski definition) is 5. The van der Waals surface area contributed by atoms with E-state index in [1.54, 1.807) is 0 Å². The Kier molecular flexibility index (Phi) is 0.957. The molecule has 0 radical (unpaired) electrons. The summed E-state index contributed by atoms with van der Waals surface area (Å²) in [6, 6.07) is 0. The van der Waals surface area contributed by atoms with Crippen molar-refractivity contribution in [1.82, 2.24) is 0 Å². The summed E-state index contributed by atoms with van der Waals surface area (Å²) in [6.45, 7) is 0.